The Hall–Kier alpha value is -1.64. The second kappa shape index (κ2) is 6.00. The molecule has 0 radical (unpaired) electrons. The summed E-state index contributed by atoms with van der Waals surface area (Å²) in [7, 11) is -1.30. The van der Waals surface area contributed by atoms with Gasteiger partial charge in [0.15, 0.2) is 0 Å². The van der Waals surface area contributed by atoms with E-state index in [1.807, 2.05) is 0 Å². The number of carboxylic acids is 1. The molecule has 0 aliphatic heterocycles. The fourth-order valence-corrected chi connectivity index (χ4v) is 3.13. The molecule has 0 bridgehead atoms. The number of aromatic carboxylic acids is 1. The summed E-state index contributed by atoms with van der Waals surface area (Å²) < 4.78 is 30.9. The van der Waals surface area contributed by atoms with Gasteiger partial charge in [0.05, 0.1) is 24.2 Å². The summed E-state index contributed by atoms with van der Waals surface area (Å²) >= 11 is 0. The van der Waals surface area contributed by atoms with Crippen molar-refractivity contribution >= 4 is 16.0 Å². The summed E-state index contributed by atoms with van der Waals surface area (Å²) in [6.45, 7) is 2.75. The van der Waals surface area contributed by atoms with Crippen LogP contribution in [0.1, 0.15) is 24.2 Å². The van der Waals surface area contributed by atoms with Gasteiger partial charge in [-0.1, -0.05) is 0 Å². The number of hydrogen-bond donors (Lipinski definition) is 2. The molecule has 7 nitrogen and oxygen atoms in total. The first-order valence-electron chi connectivity index (χ1n) is 6.09. The Morgan fingerprint density at radius 2 is 1.95 bits per heavy atom. The number of carbonyl (C=O) groups is 1. The maximum absolute atomic E-state index is 12.5. The number of methoxy groups -OCH3 is 1. The fraction of sp³-hybridized carbons (Fsp3) is 0.462. The SMILES string of the molecule is COc1ccc(S(=O)(=O)N(C)C(C)(C)CO)cc1C(=O)O. The number of aliphatic hydroxyl groups excluding tert-OH is 1. The monoisotopic (exact) mass is 317 g/mol. The number of carboxylic acid groups (broad SMARTS) is 1. The Morgan fingerprint density at radius 3 is 2.38 bits per heavy atom. The van der Waals surface area contributed by atoms with Crippen LogP contribution in [0.2, 0.25) is 0 Å². The van der Waals surface area contributed by atoms with Crippen LogP contribution in [0.3, 0.4) is 0 Å². The van der Waals surface area contributed by atoms with Crippen molar-refractivity contribution in [3.05, 3.63) is 23.8 Å². The van der Waals surface area contributed by atoms with Gasteiger partial charge in [0.2, 0.25) is 10.0 Å². The smallest absolute Gasteiger partial charge is 0.339 e. The minimum absolute atomic E-state index is 0.0746. The molecule has 8 heteroatoms. The van der Waals surface area contributed by atoms with Crippen molar-refractivity contribution in [2.24, 2.45) is 0 Å². The minimum atomic E-state index is -3.94. The van der Waals surface area contributed by atoms with Gasteiger partial charge in [0, 0.05) is 7.05 Å². The summed E-state index contributed by atoms with van der Waals surface area (Å²) in [5, 5.41) is 18.4. The van der Waals surface area contributed by atoms with Gasteiger partial charge in [-0.25, -0.2) is 13.2 Å². The average Bonchev–Trinajstić information content (AvgIpc) is 2.45. The molecule has 0 aromatic heterocycles. The summed E-state index contributed by atoms with van der Waals surface area (Å²) in [4.78, 5) is 11.0. The number of nitrogens with zero attached hydrogens (tertiary/aromatic N) is 1. The summed E-state index contributed by atoms with van der Waals surface area (Å²) in [6, 6.07) is 3.60. The fourth-order valence-electron chi connectivity index (χ4n) is 1.60. The maximum Gasteiger partial charge on any atom is 0.339 e. The minimum Gasteiger partial charge on any atom is -0.496 e. The Labute approximate surface area is 123 Å². The largest absolute Gasteiger partial charge is 0.496 e. The molecule has 1 aromatic carbocycles. The number of hydrogen-bond acceptors (Lipinski definition) is 5. The molecule has 0 atom stereocenters. The van der Waals surface area contributed by atoms with E-state index in [4.69, 9.17) is 9.84 Å². The van der Waals surface area contributed by atoms with Gasteiger partial charge in [0.25, 0.3) is 0 Å². The molecule has 0 amide bonds. The molecule has 1 rings (SSSR count). The normalized spacial score (nSPS) is 12.5. The molecular weight excluding hydrogens is 298 g/mol. The number of ether oxygens (including phenoxy) is 1. The molecule has 0 aliphatic rings. The van der Waals surface area contributed by atoms with Crippen molar-refractivity contribution in [1.29, 1.82) is 0 Å². The van der Waals surface area contributed by atoms with Crippen molar-refractivity contribution in [3.8, 4) is 5.75 Å². The quantitative estimate of drug-likeness (QED) is 0.803. The predicted molar refractivity (Wildman–Crippen MR) is 76.1 cm³/mol. The van der Waals surface area contributed by atoms with Crippen LogP contribution in [-0.4, -0.2) is 55.2 Å². The van der Waals surface area contributed by atoms with Gasteiger partial charge in [0.1, 0.15) is 11.3 Å². The van der Waals surface area contributed by atoms with Gasteiger partial charge >= 0.3 is 5.97 Å². The molecule has 1 aromatic rings. The number of benzene rings is 1. The predicted octanol–water partition coefficient (Wildman–Crippen LogP) is 0.785. The first kappa shape index (κ1) is 17.4. The average molecular weight is 317 g/mol. The summed E-state index contributed by atoms with van der Waals surface area (Å²) in [5.74, 6) is -1.21. The zero-order valence-corrected chi connectivity index (χ0v) is 13.1. The highest BCUT2D eigenvalue weighted by atomic mass is 32.2. The lowest BCUT2D eigenvalue weighted by Crippen LogP contribution is -2.47. The van der Waals surface area contributed by atoms with Gasteiger partial charge in [-0.05, 0) is 32.0 Å². The van der Waals surface area contributed by atoms with Crippen LogP contribution < -0.4 is 4.74 Å². The Kier molecular flexibility index (Phi) is 4.98. The molecule has 2 N–H and O–H groups in total. The van der Waals surface area contributed by atoms with Crippen molar-refractivity contribution in [2.45, 2.75) is 24.3 Å². The topological polar surface area (TPSA) is 104 Å². The van der Waals surface area contributed by atoms with Crippen molar-refractivity contribution in [3.63, 3.8) is 0 Å². The molecule has 118 valence electrons. The van der Waals surface area contributed by atoms with E-state index in [0.717, 1.165) is 10.4 Å². The standard InChI is InChI=1S/C13H19NO6S/c1-13(2,8-15)14(3)21(18,19)9-5-6-11(20-4)10(7-9)12(16)17/h5-7,15H,8H2,1-4H3,(H,16,17). The summed E-state index contributed by atoms with van der Waals surface area (Å²) in [5.41, 5.74) is -1.25. The summed E-state index contributed by atoms with van der Waals surface area (Å²) in [6.07, 6.45) is 0. The van der Waals surface area contributed by atoms with Crippen LogP contribution in [0.15, 0.2) is 23.1 Å². The molecule has 0 unspecified atom stereocenters. The molecule has 0 fully saturated rings. The van der Waals surface area contributed by atoms with E-state index in [2.05, 4.69) is 0 Å². The van der Waals surface area contributed by atoms with Crippen LogP contribution in [0.5, 0.6) is 5.75 Å². The van der Waals surface area contributed by atoms with E-state index in [1.165, 1.54) is 26.3 Å². The highest BCUT2D eigenvalue weighted by Gasteiger charge is 2.34. The van der Waals surface area contributed by atoms with Gasteiger partial charge in [-0.15, -0.1) is 0 Å². The zero-order valence-electron chi connectivity index (χ0n) is 12.3. The van der Waals surface area contributed by atoms with E-state index in [1.54, 1.807) is 13.8 Å². The van der Waals surface area contributed by atoms with Crippen molar-refractivity contribution in [2.75, 3.05) is 20.8 Å². The first-order valence-corrected chi connectivity index (χ1v) is 7.53. The van der Waals surface area contributed by atoms with Crippen LogP contribution in [0.4, 0.5) is 0 Å². The van der Waals surface area contributed by atoms with Crippen molar-refractivity contribution in [1.82, 2.24) is 4.31 Å². The van der Waals surface area contributed by atoms with Crippen LogP contribution in [-0.2, 0) is 10.0 Å². The lowest BCUT2D eigenvalue weighted by Gasteiger charge is -2.32. The van der Waals surface area contributed by atoms with E-state index in [0.29, 0.717) is 0 Å². The second-order valence-corrected chi connectivity index (χ2v) is 7.08. The number of likely N-dealkylation sites (N-methyl/N-ethyl adjacent to an activating group) is 1. The Morgan fingerprint density at radius 1 is 1.38 bits per heavy atom. The number of rotatable bonds is 6. The van der Waals surface area contributed by atoms with Crippen molar-refractivity contribution < 1.29 is 28.2 Å². The first-order chi connectivity index (χ1) is 9.57. The third-order valence-electron chi connectivity index (χ3n) is 3.30. The highest BCUT2D eigenvalue weighted by Crippen LogP contribution is 2.27. The third-order valence-corrected chi connectivity index (χ3v) is 5.36. The van der Waals surface area contributed by atoms with Gasteiger partial charge in [-0.3, -0.25) is 0 Å². The second-order valence-electron chi connectivity index (χ2n) is 5.11. The molecule has 21 heavy (non-hydrogen) atoms. The Bertz CT molecular complexity index is 638. The maximum atomic E-state index is 12.5. The molecule has 0 aliphatic carbocycles. The van der Waals surface area contributed by atoms with E-state index >= 15 is 0 Å². The molecule has 0 saturated carbocycles. The molecular formula is C13H19NO6S. The van der Waals surface area contributed by atoms with E-state index in [9.17, 15) is 18.3 Å². The lowest BCUT2D eigenvalue weighted by molar-refractivity contribution is 0.0693. The zero-order chi connectivity index (χ0) is 16.4. The van der Waals surface area contributed by atoms with Crippen LogP contribution in [0.25, 0.3) is 0 Å². The molecule has 0 spiro atoms. The van der Waals surface area contributed by atoms with Crippen LogP contribution in [0, 0.1) is 0 Å². The van der Waals surface area contributed by atoms with E-state index in [-0.39, 0.29) is 22.8 Å². The number of sulfonamides is 1. The van der Waals surface area contributed by atoms with Crippen LogP contribution >= 0.6 is 0 Å². The third kappa shape index (κ3) is 3.34. The molecule has 0 heterocycles. The Balaban J connectivity index is 3.40. The van der Waals surface area contributed by atoms with Gasteiger partial charge in [-0.2, -0.15) is 4.31 Å². The number of aliphatic hydroxyl groups is 1. The highest BCUT2D eigenvalue weighted by molar-refractivity contribution is 7.89. The van der Waals surface area contributed by atoms with E-state index < -0.39 is 21.5 Å². The lowest BCUT2D eigenvalue weighted by atomic mass is 10.1. The van der Waals surface area contributed by atoms with Gasteiger partial charge < -0.3 is 14.9 Å². The molecule has 0 saturated heterocycles.